The van der Waals surface area contributed by atoms with Crippen LogP contribution in [0.25, 0.3) is 0 Å². The number of hydrogen-bond donors (Lipinski definition) is 0. The maximum absolute atomic E-state index is 11.9. The lowest BCUT2D eigenvalue weighted by Crippen LogP contribution is -2.48. The van der Waals surface area contributed by atoms with Gasteiger partial charge in [0, 0.05) is 12.8 Å². The van der Waals surface area contributed by atoms with Crippen molar-refractivity contribution in [1.29, 1.82) is 0 Å². The third-order valence-corrected chi connectivity index (χ3v) is 8.95. The Morgan fingerprint density at radius 2 is 2.00 bits per heavy atom. The molecule has 0 radical (unpaired) electrons. The van der Waals surface area contributed by atoms with Gasteiger partial charge in [-0.05, 0) is 98.0 Å². The summed E-state index contributed by atoms with van der Waals surface area (Å²) in [7, 11) is 0. The molecule has 4 rings (SSSR count). The fraction of sp³-hybridized carbons (Fsp3) is 0.760. The molecular formula is C25H36O3. The molecule has 28 heavy (non-hydrogen) atoms. The second-order valence-electron chi connectivity index (χ2n) is 10.1. The predicted octanol–water partition coefficient (Wildman–Crippen LogP) is 5.64. The summed E-state index contributed by atoms with van der Waals surface area (Å²) in [5.74, 6) is 3.10. The van der Waals surface area contributed by atoms with E-state index >= 15 is 0 Å². The summed E-state index contributed by atoms with van der Waals surface area (Å²) < 4.78 is 5.10. The van der Waals surface area contributed by atoms with Crippen LogP contribution >= 0.6 is 0 Å². The predicted molar refractivity (Wildman–Crippen MR) is 111 cm³/mol. The van der Waals surface area contributed by atoms with Crippen LogP contribution < -0.4 is 0 Å². The van der Waals surface area contributed by atoms with Crippen molar-refractivity contribution in [2.45, 2.75) is 78.6 Å². The van der Waals surface area contributed by atoms with E-state index in [2.05, 4.69) is 26.0 Å². The van der Waals surface area contributed by atoms with Crippen LogP contribution in [0.2, 0.25) is 0 Å². The standard InChI is InChI=1S/C25H36O3/c1-4-28-23(27)7-5-6-17-9-11-21-20-10-8-18-16-19(26)12-14-25(18,3)22(20)13-15-24(17,21)2/h8,10,16-17,20-22H,4-7,9,11-15H2,1-3H3/t17-,20?,21?,22?,24+,25-/m0/s1. The Morgan fingerprint density at radius 3 is 2.79 bits per heavy atom. The van der Waals surface area contributed by atoms with Gasteiger partial charge in [-0.2, -0.15) is 0 Å². The van der Waals surface area contributed by atoms with Gasteiger partial charge in [0.1, 0.15) is 0 Å². The van der Waals surface area contributed by atoms with Crippen LogP contribution in [0, 0.1) is 34.5 Å². The zero-order chi connectivity index (χ0) is 19.9. The van der Waals surface area contributed by atoms with Gasteiger partial charge in [0.25, 0.3) is 0 Å². The molecule has 0 amide bonds. The largest absolute Gasteiger partial charge is 0.466 e. The molecule has 0 aromatic heterocycles. The minimum absolute atomic E-state index is 0.0415. The van der Waals surface area contributed by atoms with Gasteiger partial charge in [-0.25, -0.2) is 0 Å². The molecule has 0 N–H and O–H groups in total. The summed E-state index contributed by atoms with van der Waals surface area (Å²) in [6, 6.07) is 0. The molecule has 3 heteroatoms. The lowest BCUT2D eigenvalue weighted by Gasteiger charge is -2.56. The Hall–Kier alpha value is -1.38. The molecule has 0 bridgehead atoms. The average Bonchev–Trinajstić information content (AvgIpc) is 2.99. The molecule has 2 saturated carbocycles. The maximum Gasteiger partial charge on any atom is 0.305 e. The molecule has 4 aliphatic carbocycles. The Balaban J connectivity index is 1.48. The first-order valence-electron chi connectivity index (χ1n) is 11.5. The quantitative estimate of drug-likeness (QED) is 0.576. The van der Waals surface area contributed by atoms with Gasteiger partial charge < -0.3 is 4.74 Å². The Kier molecular flexibility index (Phi) is 5.31. The third kappa shape index (κ3) is 3.19. The minimum Gasteiger partial charge on any atom is -0.466 e. The van der Waals surface area contributed by atoms with Crippen molar-refractivity contribution in [1.82, 2.24) is 0 Å². The van der Waals surface area contributed by atoms with Gasteiger partial charge >= 0.3 is 5.97 Å². The van der Waals surface area contributed by atoms with E-state index in [1.165, 1.54) is 31.3 Å². The molecule has 6 atom stereocenters. The number of ether oxygens (including phenoxy) is 1. The van der Waals surface area contributed by atoms with Gasteiger partial charge in [-0.1, -0.05) is 26.0 Å². The highest BCUT2D eigenvalue weighted by atomic mass is 16.5. The highest BCUT2D eigenvalue weighted by molar-refractivity contribution is 5.92. The highest BCUT2D eigenvalue weighted by Crippen LogP contribution is 2.65. The van der Waals surface area contributed by atoms with Gasteiger partial charge in [0.05, 0.1) is 6.61 Å². The van der Waals surface area contributed by atoms with E-state index in [-0.39, 0.29) is 11.4 Å². The van der Waals surface area contributed by atoms with Crippen molar-refractivity contribution in [2.24, 2.45) is 34.5 Å². The van der Waals surface area contributed by atoms with Crippen molar-refractivity contribution >= 4 is 11.8 Å². The van der Waals surface area contributed by atoms with Gasteiger partial charge in [0.15, 0.2) is 5.78 Å². The smallest absolute Gasteiger partial charge is 0.305 e. The third-order valence-electron chi connectivity index (χ3n) is 8.95. The van der Waals surface area contributed by atoms with E-state index in [1.807, 2.05) is 13.0 Å². The van der Waals surface area contributed by atoms with Crippen LogP contribution in [0.5, 0.6) is 0 Å². The summed E-state index contributed by atoms with van der Waals surface area (Å²) in [4.78, 5) is 23.6. The number of carbonyl (C=O) groups excluding carboxylic acids is 2. The zero-order valence-corrected chi connectivity index (χ0v) is 17.8. The van der Waals surface area contributed by atoms with Crippen LogP contribution in [-0.4, -0.2) is 18.4 Å². The van der Waals surface area contributed by atoms with E-state index in [4.69, 9.17) is 4.74 Å². The lowest BCUT2D eigenvalue weighted by atomic mass is 9.48. The molecule has 4 aliphatic rings. The normalized spacial score (nSPS) is 41.7. The SMILES string of the molecule is CCOC(=O)CCC[C@H]1CCC2C3C=CC4=CC(=O)CC[C@]4(C)C3CC[C@@]21C. The lowest BCUT2D eigenvalue weighted by molar-refractivity contribution is -0.143. The number of rotatable bonds is 5. The van der Waals surface area contributed by atoms with Crippen LogP contribution in [0.4, 0.5) is 0 Å². The fourth-order valence-corrected chi connectivity index (χ4v) is 7.31. The first kappa shape index (κ1) is 19.9. The van der Waals surface area contributed by atoms with E-state index in [0.29, 0.717) is 36.1 Å². The van der Waals surface area contributed by atoms with Crippen molar-refractivity contribution in [3.8, 4) is 0 Å². The molecule has 154 valence electrons. The first-order chi connectivity index (χ1) is 13.4. The summed E-state index contributed by atoms with van der Waals surface area (Å²) in [6.45, 7) is 7.31. The maximum atomic E-state index is 11.9. The van der Waals surface area contributed by atoms with Crippen molar-refractivity contribution in [3.05, 3.63) is 23.8 Å². The van der Waals surface area contributed by atoms with Crippen molar-refractivity contribution in [3.63, 3.8) is 0 Å². The van der Waals surface area contributed by atoms with E-state index in [0.717, 1.165) is 37.5 Å². The molecule has 0 saturated heterocycles. The molecule has 2 fully saturated rings. The summed E-state index contributed by atoms with van der Waals surface area (Å²) in [5.41, 5.74) is 1.89. The van der Waals surface area contributed by atoms with Gasteiger partial charge in [-0.15, -0.1) is 0 Å². The minimum atomic E-state index is -0.0415. The van der Waals surface area contributed by atoms with Crippen LogP contribution in [-0.2, 0) is 14.3 Å². The Bertz CT molecular complexity index is 705. The Labute approximate surface area is 170 Å². The fourth-order valence-electron chi connectivity index (χ4n) is 7.31. The second-order valence-corrected chi connectivity index (χ2v) is 10.1. The molecule has 0 aliphatic heterocycles. The van der Waals surface area contributed by atoms with Crippen LogP contribution in [0.15, 0.2) is 23.8 Å². The summed E-state index contributed by atoms with van der Waals surface area (Å²) in [6.07, 6.45) is 16.3. The molecule has 3 unspecified atom stereocenters. The van der Waals surface area contributed by atoms with Gasteiger partial charge in [0.2, 0.25) is 0 Å². The monoisotopic (exact) mass is 384 g/mol. The van der Waals surface area contributed by atoms with Crippen molar-refractivity contribution < 1.29 is 14.3 Å². The first-order valence-corrected chi connectivity index (χ1v) is 11.5. The van der Waals surface area contributed by atoms with Crippen LogP contribution in [0.3, 0.4) is 0 Å². The van der Waals surface area contributed by atoms with E-state index in [9.17, 15) is 9.59 Å². The van der Waals surface area contributed by atoms with E-state index < -0.39 is 0 Å². The molecular weight excluding hydrogens is 348 g/mol. The summed E-state index contributed by atoms with van der Waals surface area (Å²) >= 11 is 0. The Morgan fingerprint density at radius 1 is 1.18 bits per heavy atom. The molecule has 3 nitrogen and oxygen atoms in total. The average molecular weight is 385 g/mol. The molecule has 0 heterocycles. The summed E-state index contributed by atoms with van der Waals surface area (Å²) in [5, 5.41) is 0. The van der Waals surface area contributed by atoms with Crippen molar-refractivity contribution in [2.75, 3.05) is 6.61 Å². The molecule has 0 aromatic carbocycles. The number of allylic oxidation sites excluding steroid dienone is 4. The number of hydrogen-bond acceptors (Lipinski definition) is 3. The number of carbonyl (C=O) groups is 2. The van der Waals surface area contributed by atoms with E-state index in [1.54, 1.807) is 0 Å². The van der Waals surface area contributed by atoms with Gasteiger partial charge in [-0.3, -0.25) is 9.59 Å². The molecule has 0 aromatic rings. The second kappa shape index (κ2) is 7.46. The van der Waals surface area contributed by atoms with Crippen LogP contribution in [0.1, 0.15) is 78.6 Å². The number of esters is 1. The molecule has 0 spiro atoms. The number of ketones is 1. The number of fused-ring (bicyclic) bond motifs is 5. The highest BCUT2D eigenvalue weighted by Gasteiger charge is 2.57. The topological polar surface area (TPSA) is 43.4 Å². The zero-order valence-electron chi connectivity index (χ0n) is 17.8.